The van der Waals surface area contributed by atoms with E-state index in [0.717, 1.165) is 10.3 Å². The molecule has 0 aliphatic heterocycles. The molecule has 3 aromatic rings. The summed E-state index contributed by atoms with van der Waals surface area (Å²) in [6.45, 7) is 1.81. The van der Waals surface area contributed by atoms with Gasteiger partial charge in [0.25, 0.3) is 5.56 Å². The van der Waals surface area contributed by atoms with Gasteiger partial charge in [0.15, 0.2) is 11.2 Å². The number of nitrogens with zero attached hydrogens (tertiary/aromatic N) is 4. The van der Waals surface area contributed by atoms with E-state index in [9.17, 15) is 14.4 Å². The summed E-state index contributed by atoms with van der Waals surface area (Å²) in [7, 11) is 2.93. The Balaban J connectivity index is 1.80. The average molecular weight is 345 g/mol. The smallest absolute Gasteiger partial charge is 0.332 e. The van der Waals surface area contributed by atoms with Crippen molar-refractivity contribution in [3.8, 4) is 0 Å². The minimum absolute atomic E-state index is 0.0631. The number of hydrogen-bond donors (Lipinski definition) is 1. The van der Waals surface area contributed by atoms with Crippen LogP contribution in [-0.2, 0) is 31.9 Å². The van der Waals surface area contributed by atoms with Crippen molar-refractivity contribution in [2.45, 2.75) is 25.9 Å². The second-order valence-electron chi connectivity index (χ2n) is 6.00. The first-order valence-corrected chi connectivity index (χ1v) is 7.81. The Morgan fingerprint density at radius 2 is 2.08 bits per heavy atom. The molecule has 0 saturated heterocycles. The van der Waals surface area contributed by atoms with Crippen molar-refractivity contribution in [2.24, 2.45) is 14.1 Å². The number of imidazole rings is 1. The highest BCUT2D eigenvalue weighted by molar-refractivity contribution is 5.79. The fraction of sp³-hybridized carbons (Fsp3) is 0.375. The molecule has 0 aromatic carbocycles. The molecule has 9 heteroatoms. The first-order valence-electron chi connectivity index (χ1n) is 7.81. The Bertz CT molecular complexity index is 1030. The number of furan rings is 1. The van der Waals surface area contributed by atoms with Crippen molar-refractivity contribution in [1.82, 2.24) is 24.0 Å². The van der Waals surface area contributed by atoms with Crippen molar-refractivity contribution in [1.29, 1.82) is 0 Å². The van der Waals surface area contributed by atoms with Gasteiger partial charge in [0.2, 0.25) is 5.91 Å². The first-order chi connectivity index (χ1) is 11.9. The number of hydrogen-bond acceptors (Lipinski definition) is 5. The second-order valence-corrected chi connectivity index (χ2v) is 6.00. The van der Waals surface area contributed by atoms with Gasteiger partial charge in [0.1, 0.15) is 12.3 Å². The van der Waals surface area contributed by atoms with Crippen LogP contribution in [0, 0.1) is 0 Å². The van der Waals surface area contributed by atoms with Gasteiger partial charge in [-0.3, -0.25) is 18.7 Å². The van der Waals surface area contributed by atoms with Crippen molar-refractivity contribution in [2.75, 3.05) is 0 Å². The lowest BCUT2D eigenvalue weighted by atomic mass is 10.2. The monoisotopic (exact) mass is 345 g/mol. The van der Waals surface area contributed by atoms with E-state index >= 15 is 0 Å². The molecule has 1 N–H and O–H groups in total. The van der Waals surface area contributed by atoms with E-state index in [0.29, 0.717) is 6.42 Å². The Morgan fingerprint density at radius 1 is 1.32 bits per heavy atom. The molecule has 25 heavy (non-hydrogen) atoms. The summed E-state index contributed by atoms with van der Waals surface area (Å²) in [5.74, 6) is 0.527. The van der Waals surface area contributed by atoms with Crippen molar-refractivity contribution in [3.63, 3.8) is 0 Å². The molecule has 1 amide bonds. The van der Waals surface area contributed by atoms with E-state index in [1.807, 2.05) is 13.0 Å². The third kappa shape index (κ3) is 3.12. The summed E-state index contributed by atoms with van der Waals surface area (Å²) in [6.07, 6.45) is 3.55. The average Bonchev–Trinajstić information content (AvgIpc) is 3.20. The maximum Gasteiger partial charge on any atom is 0.332 e. The summed E-state index contributed by atoms with van der Waals surface area (Å²) in [5, 5.41) is 2.86. The number of carbonyl (C=O) groups excluding carboxylic acids is 1. The predicted molar refractivity (Wildman–Crippen MR) is 90.2 cm³/mol. The van der Waals surface area contributed by atoms with Gasteiger partial charge in [-0.2, -0.15) is 0 Å². The fourth-order valence-electron chi connectivity index (χ4n) is 2.77. The van der Waals surface area contributed by atoms with Gasteiger partial charge in [0.05, 0.1) is 12.6 Å². The molecular formula is C16H19N5O4. The second kappa shape index (κ2) is 6.42. The summed E-state index contributed by atoms with van der Waals surface area (Å²) < 4.78 is 8.99. The lowest BCUT2D eigenvalue weighted by Gasteiger charge is -2.13. The Kier molecular flexibility index (Phi) is 4.30. The molecule has 0 radical (unpaired) electrons. The van der Waals surface area contributed by atoms with E-state index in [2.05, 4.69) is 10.3 Å². The number of aryl methyl sites for hydroxylation is 1. The summed E-state index contributed by atoms with van der Waals surface area (Å²) in [4.78, 5) is 40.6. The first kappa shape index (κ1) is 16.7. The molecule has 3 rings (SSSR count). The molecule has 3 heterocycles. The van der Waals surface area contributed by atoms with Crippen LogP contribution in [0.2, 0.25) is 0 Å². The maximum atomic E-state index is 12.3. The number of carbonyl (C=O) groups is 1. The van der Waals surface area contributed by atoms with Gasteiger partial charge in [-0.15, -0.1) is 0 Å². The molecule has 0 aliphatic carbocycles. The normalized spacial score (nSPS) is 12.4. The Morgan fingerprint density at radius 3 is 2.76 bits per heavy atom. The van der Waals surface area contributed by atoms with E-state index in [1.165, 1.54) is 29.6 Å². The molecule has 9 nitrogen and oxygen atoms in total. The van der Waals surface area contributed by atoms with Gasteiger partial charge >= 0.3 is 5.69 Å². The third-order valence-corrected chi connectivity index (χ3v) is 4.03. The molecule has 132 valence electrons. The topological polar surface area (TPSA) is 104 Å². The summed E-state index contributed by atoms with van der Waals surface area (Å²) in [6, 6.07) is 3.51. The fourth-order valence-corrected chi connectivity index (χ4v) is 2.77. The van der Waals surface area contributed by atoms with Crippen molar-refractivity contribution >= 4 is 17.1 Å². The standard InChI is InChI=1S/C16H19N5O4/c1-10(7-11-5-4-6-25-11)18-12(22)8-21-9-17-14-13(21)15(23)20(3)16(24)19(14)2/h4-6,9-10H,7-8H2,1-3H3,(H,18,22). The highest BCUT2D eigenvalue weighted by Crippen LogP contribution is 2.06. The molecule has 0 bridgehead atoms. The largest absolute Gasteiger partial charge is 0.469 e. The molecule has 0 spiro atoms. The van der Waals surface area contributed by atoms with Crippen LogP contribution in [0.1, 0.15) is 12.7 Å². The van der Waals surface area contributed by atoms with Crippen LogP contribution in [0.4, 0.5) is 0 Å². The maximum absolute atomic E-state index is 12.3. The minimum Gasteiger partial charge on any atom is -0.469 e. The lowest BCUT2D eigenvalue weighted by Crippen LogP contribution is -2.39. The third-order valence-electron chi connectivity index (χ3n) is 4.03. The van der Waals surface area contributed by atoms with Crippen molar-refractivity contribution in [3.05, 3.63) is 51.3 Å². The zero-order valence-corrected chi connectivity index (χ0v) is 14.2. The van der Waals surface area contributed by atoms with Gasteiger partial charge in [-0.05, 0) is 19.1 Å². The van der Waals surface area contributed by atoms with Gasteiger partial charge in [-0.25, -0.2) is 9.78 Å². The molecule has 1 atom stereocenters. The summed E-state index contributed by atoms with van der Waals surface area (Å²) >= 11 is 0. The minimum atomic E-state index is -0.480. The summed E-state index contributed by atoms with van der Waals surface area (Å²) in [5.41, 5.74) is -0.464. The lowest BCUT2D eigenvalue weighted by molar-refractivity contribution is -0.122. The van der Waals surface area contributed by atoms with Gasteiger partial charge < -0.3 is 14.3 Å². The number of fused-ring (bicyclic) bond motifs is 1. The molecule has 0 fully saturated rings. The van der Waals surface area contributed by atoms with Crippen LogP contribution in [-0.4, -0.2) is 30.6 Å². The van der Waals surface area contributed by atoms with E-state index < -0.39 is 11.2 Å². The van der Waals surface area contributed by atoms with Crippen LogP contribution < -0.4 is 16.6 Å². The van der Waals surface area contributed by atoms with Gasteiger partial charge in [0, 0.05) is 26.6 Å². The van der Waals surface area contributed by atoms with E-state index in [4.69, 9.17) is 4.42 Å². The molecule has 3 aromatic heterocycles. The van der Waals surface area contributed by atoms with E-state index in [1.54, 1.807) is 12.3 Å². The van der Waals surface area contributed by atoms with Crippen LogP contribution in [0.15, 0.2) is 38.7 Å². The zero-order chi connectivity index (χ0) is 18.1. The van der Waals surface area contributed by atoms with Crippen LogP contribution in [0.5, 0.6) is 0 Å². The van der Waals surface area contributed by atoms with Gasteiger partial charge in [-0.1, -0.05) is 0 Å². The predicted octanol–water partition coefficient (Wildman–Crippen LogP) is -0.226. The van der Waals surface area contributed by atoms with E-state index in [-0.39, 0.29) is 29.7 Å². The quantitative estimate of drug-likeness (QED) is 0.688. The van der Waals surface area contributed by atoms with Crippen LogP contribution >= 0.6 is 0 Å². The molecular weight excluding hydrogens is 326 g/mol. The van der Waals surface area contributed by atoms with Crippen LogP contribution in [0.25, 0.3) is 11.2 Å². The SMILES string of the molecule is CC(Cc1ccco1)NC(=O)Cn1cnc2c1c(=O)n(C)c(=O)n2C. The van der Waals surface area contributed by atoms with Crippen LogP contribution in [0.3, 0.4) is 0 Å². The highest BCUT2D eigenvalue weighted by atomic mass is 16.3. The number of nitrogens with one attached hydrogen (secondary N) is 1. The number of rotatable bonds is 5. The molecule has 0 aliphatic rings. The number of amides is 1. The molecule has 1 unspecified atom stereocenters. The Hall–Kier alpha value is -3.10. The highest BCUT2D eigenvalue weighted by Gasteiger charge is 2.17. The number of aromatic nitrogens is 4. The Labute approximate surface area is 142 Å². The molecule has 0 saturated carbocycles. The zero-order valence-electron chi connectivity index (χ0n) is 14.2. The van der Waals surface area contributed by atoms with Crippen molar-refractivity contribution < 1.29 is 9.21 Å².